The first kappa shape index (κ1) is 12.9. The normalized spacial score (nSPS) is 12.6. The minimum absolute atomic E-state index is 0.0775. The summed E-state index contributed by atoms with van der Waals surface area (Å²) in [6.07, 6.45) is 0. The first-order chi connectivity index (χ1) is 8.76. The van der Waals surface area contributed by atoms with Crippen molar-refractivity contribution in [3.8, 4) is 5.75 Å². The Kier molecular flexibility index (Phi) is 4.18. The zero-order valence-electron chi connectivity index (χ0n) is 10.8. The van der Waals surface area contributed by atoms with E-state index in [4.69, 9.17) is 9.84 Å². The van der Waals surface area contributed by atoms with Gasteiger partial charge in [-0.1, -0.05) is 30.3 Å². The first-order valence-electron chi connectivity index (χ1n) is 6.15. The van der Waals surface area contributed by atoms with Gasteiger partial charge in [-0.05, 0) is 23.8 Å². The number of ether oxygens (including phenoxy) is 1. The Morgan fingerprint density at radius 1 is 1.22 bits per heavy atom. The summed E-state index contributed by atoms with van der Waals surface area (Å²) in [5.41, 5.74) is 1.14. The lowest BCUT2D eigenvalue weighted by Crippen LogP contribution is -2.28. The van der Waals surface area contributed by atoms with Crippen molar-refractivity contribution < 1.29 is 9.84 Å². The maximum absolute atomic E-state index is 9.06. The second kappa shape index (κ2) is 5.85. The van der Waals surface area contributed by atoms with Crippen LogP contribution >= 0.6 is 0 Å². The van der Waals surface area contributed by atoms with Gasteiger partial charge in [0.1, 0.15) is 5.75 Å². The molecule has 0 bridgehead atoms. The van der Waals surface area contributed by atoms with Crippen LogP contribution in [-0.2, 0) is 6.54 Å². The molecule has 96 valence electrons. The molecule has 2 rings (SSSR count). The van der Waals surface area contributed by atoms with Crippen molar-refractivity contribution in [2.75, 3.05) is 13.7 Å². The molecule has 0 aromatic heterocycles. The fourth-order valence-electron chi connectivity index (χ4n) is 2.03. The van der Waals surface area contributed by atoms with Gasteiger partial charge in [-0.25, -0.2) is 0 Å². The van der Waals surface area contributed by atoms with Gasteiger partial charge in [-0.15, -0.1) is 0 Å². The Bertz CT molecular complexity index is 525. The average Bonchev–Trinajstić information content (AvgIpc) is 2.44. The van der Waals surface area contributed by atoms with Gasteiger partial charge in [0.15, 0.2) is 0 Å². The van der Waals surface area contributed by atoms with Gasteiger partial charge < -0.3 is 15.2 Å². The van der Waals surface area contributed by atoms with Crippen LogP contribution < -0.4 is 10.1 Å². The molecule has 2 aromatic carbocycles. The van der Waals surface area contributed by atoms with E-state index in [1.165, 1.54) is 10.8 Å². The molecule has 1 atom stereocenters. The Morgan fingerprint density at radius 2 is 2.00 bits per heavy atom. The zero-order valence-corrected chi connectivity index (χ0v) is 10.8. The van der Waals surface area contributed by atoms with Crippen molar-refractivity contribution in [2.45, 2.75) is 19.5 Å². The van der Waals surface area contributed by atoms with E-state index >= 15 is 0 Å². The summed E-state index contributed by atoms with van der Waals surface area (Å²) < 4.78 is 5.42. The molecule has 0 saturated heterocycles. The Morgan fingerprint density at radius 3 is 2.72 bits per heavy atom. The molecule has 0 aliphatic carbocycles. The maximum Gasteiger partial charge on any atom is 0.123 e. The Balaban J connectivity index is 2.38. The molecule has 0 heterocycles. The molecule has 18 heavy (non-hydrogen) atoms. The van der Waals surface area contributed by atoms with Crippen LogP contribution in [0.3, 0.4) is 0 Å². The highest BCUT2D eigenvalue weighted by Gasteiger charge is 2.09. The number of nitrogens with one attached hydrogen (secondary N) is 1. The van der Waals surface area contributed by atoms with E-state index in [0.717, 1.165) is 11.3 Å². The van der Waals surface area contributed by atoms with Gasteiger partial charge in [0, 0.05) is 18.2 Å². The zero-order chi connectivity index (χ0) is 13.0. The molecule has 0 radical (unpaired) electrons. The maximum atomic E-state index is 9.06. The molecule has 2 aromatic rings. The monoisotopic (exact) mass is 245 g/mol. The molecule has 0 amide bonds. The summed E-state index contributed by atoms with van der Waals surface area (Å²) in [5, 5.41) is 14.7. The third-order valence-corrected chi connectivity index (χ3v) is 3.12. The highest BCUT2D eigenvalue weighted by molar-refractivity contribution is 5.87. The standard InChI is InChI=1S/C15H19NO2/c1-11(10-17)16-9-14-13-6-4-3-5-12(13)7-8-15(14)18-2/h3-8,11,16-17H,9-10H2,1-2H3. The second-order valence-electron chi connectivity index (χ2n) is 4.43. The van der Waals surface area contributed by atoms with Gasteiger partial charge in [-0.2, -0.15) is 0 Å². The van der Waals surface area contributed by atoms with Gasteiger partial charge in [0.2, 0.25) is 0 Å². The summed E-state index contributed by atoms with van der Waals surface area (Å²) in [6, 6.07) is 12.4. The quantitative estimate of drug-likeness (QED) is 0.849. The fraction of sp³-hybridized carbons (Fsp3) is 0.333. The molecule has 0 aliphatic heterocycles. The molecule has 0 aliphatic rings. The van der Waals surface area contributed by atoms with Crippen molar-refractivity contribution in [2.24, 2.45) is 0 Å². The van der Waals surface area contributed by atoms with E-state index in [9.17, 15) is 0 Å². The number of methoxy groups -OCH3 is 1. The van der Waals surface area contributed by atoms with E-state index in [-0.39, 0.29) is 12.6 Å². The van der Waals surface area contributed by atoms with Crippen LogP contribution in [0.1, 0.15) is 12.5 Å². The highest BCUT2D eigenvalue weighted by atomic mass is 16.5. The van der Waals surface area contributed by atoms with Crippen LogP contribution in [0.2, 0.25) is 0 Å². The van der Waals surface area contributed by atoms with Gasteiger partial charge in [-0.3, -0.25) is 0 Å². The van der Waals surface area contributed by atoms with E-state index in [1.807, 2.05) is 25.1 Å². The van der Waals surface area contributed by atoms with E-state index < -0.39 is 0 Å². The molecule has 0 saturated carbocycles. The van der Waals surface area contributed by atoms with Crippen LogP contribution in [0.5, 0.6) is 5.75 Å². The fourth-order valence-corrected chi connectivity index (χ4v) is 2.03. The van der Waals surface area contributed by atoms with E-state index in [1.54, 1.807) is 7.11 Å². The number of fused-ring (bicyclic) bond motifs is 1. The number of hydrogen-bond donors (Lipinski definition) is 2. The lowest BCUT2D eigenvalue weighted by Gasteiger charge is -2.15. The summed E-state index contributed by atoms with van der Waals surface area (Å²) in [5.74, 6) is 0.881. The molecule has 1 unspecified atom stereocenters. The van der Waals surface area contributed by atoms with Gasteiger partial charge in [0.25, 0.3) is 0 Å². The summed E-state index contributed by atoms with van der Waals surface area (Å²) >= 11 is 0. The molecular formula is C15H19NO2. The Labute approximate surface area is 107 Å². The highest BCUT2D eigenvalue weighted by Crippen LogP contribution is 2.27. The van der Waals surface area contributed by atoms with Crippen molar-refractivity contribution in [3.63, 3.8) is 0 Å². The second-order valence-corrected chi connectivity index (χ2v) is 4.43. The van der Waals surface area contributed by atoms with Gasteiger partial charge in [0.05, 0.1) is 13.7 Å². The number of benzene rings is 2. The first-order valence-corrected chi connectivity index (χ1v) is 6.15. The minimum Gasteiger partial charge on any atom is -0.496 e. The summed E-state index contributed by atoms with van der Waals surface area (Å²) in [4.78, 5) is 0. The SMILES string of the molecule is COc1ccc2ccccc2c1CNC(C)CO. The summed E-state index contributed by atoms with van der Waals surface area (Å²) in [7, 11) is 1.68. The predicted octanol–water partition coefficient (Wildman–Crippen LogP) is 2.32. The van der Waals surface area contributed by atoms with Crippen LogP contribution in [0.25, 0.3) is 10.8 Å². The largest absolute Gasteiger partial charge is 0.496 e. The van der Waals surface area contributed by atoms with Crippen LogP contribution in [0, 0.1) is 0 Å². The third-order valence-electron chi connectivity index (χ3n) is 3.12. The van der Waals surface area contributed by atoms with E-state index in [2.05, 4.69) is 23.5 Å². The lowest BCUT2D eigenvalue weighted by molar-refractivity contribution is 0.250. The molecule has 0 spiro atoms. The molecule has 3 heteroatoms. The third kappa shape index (κ3) is 2.63. The lowest BCUT2D eigenvalue weighted by atomic mass is 10.0. The van der Waals surface area contributed by atoms with Crippen molar-refractivity contribution >= 4 is 10.8 Å². The van der Waals surface area contributed by atoms with Gasteiger partial charge >= 0.3 is 0 Å². The van der Waals surface area contributed by atoms with Crippen molar-refractivity contribution in [1.82, 2.24) is 5.32 Å². The number of aliphatic hydroxyl groups excluding tert-OH is 1. The van der Waals surface area contributed by atoms with Crippen LogP contribution in [0.4, 0.5) is 0 Å². The molecular weight excluding hydrogens is 226 g/mol. The number of hydrogen-bond acceptors (Lipinski definition) is 3. The van der Waals surface area contributed by atoms with E-state index in [0.29, 0.717) is 6.54 Å². The minimum atomic E-state index is 0.0775. The number of rotatable bonds is 5. The predicted molar refractivity (Wildman–Crippen MR) is 73.9 cm³/mol. The number of aliphatic hydroxyl groups is 1. The topological polar surface area (TPSA) is 41.5 Å². The molecule has 0 fully saturated rings. The van der Waals surface area contributed by atoms with Crippen molar-refractivity contribution in [1.29, 1.82) is 0 Å². The molecule has 2 N–H and O–H groups in total. The van der Waals surface area contributed by atoms with Crippen LogP contribution in [0.15, 0.2) is 36.4 Å². The molecule has 3 nitrogen and oxygen atoms in total. The average molecular weight is 245 g/mol. The summed E-state index contributed by atoms with van der Waals surface area (Å²) in [6.45, 7) is 2.77. The smallest absolute Gasteiger partial charge is 0.123 e. The Hall–Kier alpha value is -1.58. The van der Waals surface area contributed by atoms with Crippen molar-refractivity contribution in [3.05, 3.63) is 42.0 Å². The van der Waals surface area contributed by atoms with Crippen LogP contribution in [-0.4, -0.2) is 24.9 Å².